The maximum Gasteiger partial charge on any atom is 0.353 e. The molecule has 11 nitrogen and oxygen atoms in total. The van der Waals surface area contributed by atoms with E-state index in [0.717, 1.165) is 0 Å². The monoisotopic (exact) mass is 394 g/mol. The quantitative estimate of drug-likeness (QED) is 0.347. The Bertz CT molecular complexity index is 875. The second-order valence-corrected chi connectivity index (χ2v) is 6.55. The number of β-lactam (4-membered cyclic amide) rings is 1. The molecule has 0 aromatic carbocycles. The number of amides is 1. The van der Waals surface area contributed by atoms with Gasteiger partial charge in [-0.05, 0) is 6.08 Å². The highest BCUT2D eigenvalue weighted by Crippen LogP contribution is 2.44. The molecule has 1 saturated heterocycles. The Morgan fingerprint density at radius 2 is 2.07 bits per heavy atom. The summed E-state index contributed by atoms with van der Waals surface area (Å²) in [6.45, 7) is 0.229. The summed E-state index contributed by atoms with van der Waals surface area (Å²) in [7, 11) is 0. The van der Waals surface area contributed by atoms with Gasteiger partial charge in [0.2, 0.25) is 0 Å². The van der Waals surface area contributed by atoms with Crippen LogP contribution in [-0.4, -0.2) is 65.9 Å². The fourth-order valence-corrected chi connectivity index (χ4v) is 3.57. The van der Waals surface area contributed by atoms with Crippen molar-refractivity contribution in [2.45, 2.75) is 24.8 Å². The summed E-state index contributed by atoms with van der Waals surface area (Å²) in [4.78, 5) is 46.0. The molecular formula is C15H14N4O7S. The molecule has 12 heteroatoms. The molecular weight excluding hydrogens is 380 g/mol. The molecule has 2 N–H and O–H groups in total. The predicted molar refractivity (Wildman–Crippen MR) is 89.8 cm³/mol. The lowest BCUT2D eigenvalue weighted by atomic mass is 10.0. The van der Waals surface area contributed by atoms with Crippen LogP contribution in [0, 0.1) is 0 Å². The molecule has 2 aliphatic rings. The Balaban J connectivity index is 1.51. The highest BCUT2D eigenvalue weighted by atomic mass is 32.2. The normalized spacial score (nSPS) is 19.5. The first-order chi connectivity index (χ1) is 12.9. The highest BCUT2D eigenvalue weighted by Gasteiger charge is 2.49. The van der Waals surface area contributed by atoms with E-state index in [-0.39, 0.29) is 43.0 Å². The van der Waals surface area contributed by atoms with E-state index in [4.69, 9.17) is 14.9 Å². The van der Waals surface area contributed by atoms with E-state index in [1.807, 2.05) is 0 Å². The lowest BCUT2D eigenvalue weighted by molar-refractivity contribution is -0.148. The van der Waals surface area contributed by atoms with Crippen molar-refractivity contribution in [2.75, 3.05) is 6.61 Å². The predicted octanol–water partition coefficient (Wildman–Crippen LogP) is -0.0894. The minimum atomic E-state index is -1.15. The maximum absolute atomic E-state index is 12.1. The number of aromatic nitrogens is 3. The zero-order valence-electron chi connectivity index (χ0n) is 13.8. The van der Waals surface area contributed by atoms with Crippen molar-refractivity contribution in [3.05, 3.63) is 28.6 Å². The first-order valence-corrected chi connectivity index (χ1v) is 8.72. The number of carboxylic acids is 2. The van der Waals surface area contributed by atoms with Gasteiger partial charge in [-0.2, -0.15) is 0 Å². The minimum absolute atomic E-state index is 0.00883. The van der Waals surface area contributed by atoms with Gasteiger partial charge in [-0.15, -0.1) is 16.9 Å². The Labute approximate surface area is 156 Å². The minimum Gasteiger partial charge on any atom is -0.481 e. The third-order valence-corrected chi connectivity index (χ3v) is 4.82. The highest BCUT2D eigenvalue weighted by molar-refractivity contribution is 8.03. The Kier molecular flexibility index (Phi) is 5.26. The van der Waals surface area contributed by atoms with Gasteiger partial charge in [0.05, 0.1) is 31.2 Å². The van der Waals surface area contributed by atoms with Crippen LogP contribution in [0.5, 0.6) is 0 Å². The number of nitrogens with zero attached hydrogens (tertiary/aromatic N) is 4. The smallest absolute Gasteiger partial charge is 0.353 e. The van der Waals surface area contributed by atoms with E-state index in [2.05, 4.69) is 10.3 Å². The maximum atomic E-state index is 12.1. The van der Waals surface area contributed by atoms with E-state index in [1.54, 1.807) is 6.20 Å². The Morgan fingerprint density at radius 3 is 2.78 bits per heavy atom. The number of esters is 1. The van der Waals surface area contributed by atoms with Crippen molar-refractivity contribution < 1.29 is 34.1 Å². The van der Waals surface area contributed by atoms with E-state index in [9.17, 15) is 19.2 Å². The molecule has 142 valence electrons. The zero-order chi connectivity index (χ0) is 19.6. The largest absolute Gasteiger partial charge is 0.481 e. The van der Waals surface area contributed by atoms with Crippen molar-refractivity contribution >= 4 is 41.7 Å². The van der Waals surface area contributed by atoms with Gasteiger partial charge >= 0.3 is 17.9 Å². The second kappa shape index (κ2) is 7.61. The van der Waals surface area contributed by atoms with Gasteiger partial charge in [0.1, 0.15) is 23.4 Å². The topological polar surface area (TPSA) is 152 Å². The number of carboxylic acid groups (broad SMARTS) is 2. The molecule has 27 heavy (non-hydrogen) atoms. The number of rotatable bonds is 8. The summed E-state index contributed by atoms with van der Waals surface area (Å²) in [6, 6.07) is 0. The van der Waals surface area contributed by atoms with E-state index in [0.29, 0.717) is 11.3 Å². The number of aliphatic carboxylic acids is 2. The molecule has 3 heterocycles. The fraction of sp³-hybridized carbons (Fsp3) is 0.333. The number of hydrogen-bond acceptors (Lipinski definition) is 8. The summed E-state index contributed by atoms with van der Waals surface area (Å²) >= 11 is 1.23. The van der Waals surface area contributed by atoms with Crippen LogP contribution in [0.25, 0.3) is 6.08 Å². The van der Waals surface area contributed by atoms with Gasteiger partial charge < -0.3 is 14.9 Å². The number of ether oxygens (including phenoxy) is 1. The standard InChI is InChI=1S/C15H14N4O7S/c20-11(21)1-2-12(22)26-4-3-18-6-8(16-17-18)5-9-13(23)19-10(15(24)25)7-27-14(9)19/h5-7,14H,1-4H2,(H,20,21)(H,24,25)/t14-/m1/s1. The molecule has 0 unspecified atom stereocenters. The molecule has 1 fully saturated rings. The molecule has 3 rings (SSSR count). The molecule has 0 bridgehead atoms. The van der Waals surface area contributed by atoms with Gasteiger partial charge in [0, 0.05) is 5.41 Å². The third-order valence-electron chi connectivity index (χ3n) is 3.74. The van der Waals surface area contributed by atoms with Crippen LogP contribution in [0.2, 0.25) is 0 Å². The summed E-state index contributed by atoms with van der Waals surface area (Å²) in [5, 5.41) is 26.3. The summed E-state index contributed by atoms with van der Waals surface area (Å²) in [5.41, 5.74) is 0.805. The van der Waals surface area contributed by atoms with E-state index in [1.165, 1.54) is 32.8 Å². The number of carbonyl (C=O) groups excluding carboxylic acids is 2. The molecule has 0 aliphatic carbocycles. The SMILES string of the molecule is O=C(O)CCC(=O)OCCn1cc(C=C2C(=O)N3C(C(=O)O)=CS[C@H]23)nn1. The van der Waals surface area contributed by atoms with Crippen LogP contribution >= 0.6 is 11.8 Å². The van der Waals surface area contributed by atoms with E-state index < -0.39 is 17.9 Å². The van der Waals surface area contributed by atoms with Crippen LogP contribution in [0.1, 0.15) is 18.5 Å². The number of thioether (sulfide) groups is 1. The fourth-order valence-electron chi connectivity index (χ4n) is 2.45. The van der Waals surface area contributed by atoms with Crippen LogP contribution in [0.4, 0.5) is 0 Å². The molecule has 1 amide bonds. The van der Waals surface area contributed by atoms with Gasteiger partial charge in [0.15, 0.2) is 0 Å². The summed E-state index contributed by atoms with van der Waals surface area (Å²) < 4.78 is 6.31. The van der Waals surface area contributed by atoms with Gasteiger partial charge in [-0.3, -0.25) is 19.3 Å². The summed E-state index contributed by atoms with van der Waals surface area (Å²) in [5.74, 6) is -3.22. The van der Waals surface area contributed by atoms with Gasteiger partial charge in [-0.25, -0.2) is 9.48 Å². The van der Waals surface area contributed by atoms with Crippen molar-refractivity contribution in [2.24, 2.45) is 0 Å². The van der Waals surface area contributed by atoms with Crippen LogP contribution in [0.15, 0.2) is 22.9 Å². The first-order valence-electron chi connectivity index (χ1n) is 7.78. The molecule has 0 spiro atoms. The second-order valence-electron chi connectivity index (χ2n) is 5.59. The Morgan fingerprint density at radius 1 is 1.30 bits per heavy atom. The summed E-state index contributed by atoms with van der Waals surface area (Å²) in [6.07, 6.45) is 2.60. The molecule has 0 radical (unpaired) electrons. The lowest BCUT2D eigenvalue weighted by Gasteiger charge is -2.36. The van der Waals surface area contributed by atoms with Crippen molar-refractivity contribution in [3.8, 4) is 0 Å². The number of carbonyl (C=O) groups is 4. The van der Waals surface area contributed by atoms with Crippen LogP contribution in [-0.2, 0) is 30.5 Å². The number of fused-ring (bicyclic) bond motifs is 1. The van der Waals surface area contributed by atoms with Gasteiger partial charge in [-0.1, -0.05) is 5.21 Å². The van der Waals surface area contributed by atoms with Gasteiger partial charge in [0.25, 0.3) is 5.91 Å². The van der Waals surface area contributed by atoms with Crippen LogP contribution < -0.4 is 0 Å². The zero-order valence-corrected chi connectivity index (χ0v) is 14.6. The van der Waals surface area contributed by atoms with Crippen molar-refractivity contribution in [1.82, 2.24) is 19.9 Å². The molecule has 1 atom stereocenters. The molecule has 0 saturated carbocycles. The average Bonchev–Trinajstić information content (AvgIpc) is 3.22. The van der Waals surface area contributed by atoms with E-state index >= 15 is 0 Å². The average molecular weight is 394 g/mol. The Hall–Kier alpha value is -3.15. The third kappa shape index (κ3) is 4.00. The molecule has 1 aromatic rings. The lowest BCUT2D eigenvalue weighted by Crippen LogP contribution is -2.51. The molecule has 1 aromatic heterocycles. The van der Waals surface area contributed by atoms with Crippen molar-refractivity contribution in [1.29, 1.82) is 0 Å². The molecule has 2 aliphatic heterocycles. The van der Waals surface area contributed by atoms with Crippen molar-refractivity contribution in [3.63, 3.8) is 0 Å². The first kappa shape index (κ1) is 18.6. The van der Waals surface area contributed by atoms with Crippen LogP contribution in [0.3, 0.4) is 0 Å². The number of hydrogen-bond donors (Lipinski definition) is 2.